The number of rotatable bonds is 2. The topological polar surface area (TPSA) is 95.7 Å². The van der Waals surface area contributed by atoms with Crippen molar-refractivity contribution in [3.63, 3.8) is 0 Å². The van der Waals surface area contributed by atoms with Crippen molar-refractivity contribution in [3.8, 4) is 11.5 Å². The molecule has 0 radical (unpaired) electrons. The molecule has 2 aromatic carbocycles. The van der Waals surface area contributed by atoms with E-state index in [-0.39, 0.29) is 34.9 Å². The molecular weight excluding hydrogens is 422 g/mol. The predicted molar refractivity (Wildman–Crippen MR) is 118 cm³/mol. The predicted octanol–water partition coefficient (Wildman–Crippen LogP) is 4.25. The summed E-state index contributed by atoms with van der Waals surface area (Å²) in [6, 6.07) is 13.6. The minimum Gasteiger partial charge on any atom is -0.464 e. The minimum atomic E-state index is -0.678. The summed E-state index contributed by atoms with van der Waals surface area (Å²) in [7, 11) is 0. The highest BCUT2D eigenvalue weighted by Gasteiger charge is 2.39. The minimum absolute atomic E-state index is 0.0776. The molecule has 0 saturated heterocycles. The summed E-state index contributed by atoms with van der Waals surface area (Å²) in [6.45, 7) is 0. The van der Waals surface area contributed by atoms with Crippen molar-refractivity contribution in [2.75, 3.05) is 0 Å². The second-order valence-corrected chi connectivity index (χ2v) is 7.83. The number of fused-ring (bicyclic) bond motifs is 4. The van der Waals surface area contributed by atoms with E-state index in [1.54, 1.807) is 67.0 Å². The maximum absolute atomic E-state index is 13.3. The number of benzene rings is 2. The third-order valence-corrected chi connectivity index (χ3v) is 5.84. The van der Waals surface area contributed by atoms with Gasteiger partial charge in [0.25, 0.3) is 0 Å². The largest absolute Gasteiger partial charge is 0.464 e. The fourth-order valence-electron chi connectivity index (χ4n) is 4.32. The number of allylic oxidation sites excluding steroid dienone is 1. The van der Waals surface area contributed by atoms with Crippen LogP contribution in [-0.2, 0) is 4.79 Å². The van der Waals surface area contributed by atoms with E-state index in [0.717, 1.165) is 0 Å². The number of hydrogen-bond acceptors (Lipinski definition) is 7. The Morgan fingerprint density at radius 3 is 2.70 bits per heavy atom. The van der Waals surface area contributed by atoms with Crippen LogP contribution in [0.2, 0.25) is 0 Å². The second-order valence-electron chi connectivity index (χ2n) is 7.83. The highest BCUT2D eigenvalue weighted by Crippen LogP contribution is 2.48. The number of nitrogens with zero attached hydrogens (tertiary/aromatic N) is 1. The van der Waals surface area contributed by atoms with Gasteiger partial charge in [0.15, 0.2) is 11.2 Å². The Morgan fingerprint density at radius 1 is 0.970 bits per heavy atom. The van der Waals surface area contributed by atoms with Crippen LogP contribution in [0.15, 0.2) is 82.2 Å². The average Bonchev–Trinajstić information content (AvgIpc) is 3.14. The van der Waals surface area contributed by atoms with Crippen LogP contribution in [0.25, 0.3) is 17.0 Å². The van der Waals surface area contributed by atoms with E-state index in [0.29, 0.717) is 33.2 Å². The number of carbonyl (C=O) groups is 2. The molecule has 4 heterocycles. The van der Waals surface area contributed by atoms with Gasteiger partial charge in [0, 0.05) is 29.4 Å². The number of carbonyl (C=O) groups excluding carboxylic acids is 2. The summed E-state index contributed by atoms with van der Waals surface area (Å²) >= 11 is 0. The summed E-state index contributed by atoms with van der Waals surface area (Å²) < 4.78 is 17.1. The molecule has 2 aromatic heterocycles. The third-order valence-electron chi connectivity index (χ3n) is 5.84. The fraction of sp³-hybridized carbons (Fsp3) is 0.0769. The van der Waals surface area contributed by atoms with Gasteiger partial charge in [-0.15, -0.1) is 0 Å². The Kier molecular flexibility index (Phi) is 4.23. The van der Waals surface area contributed by atoms with Crippen molar-refractivity contribution in [3.05, 3.63) is 105 Å². The maximum atomic E-state index is 13.3. The quantitative estimate of drug-likeness (QED) is 0.263. The molecule has 2 aliphatic heterocycles. The molecular formula is C26H15NO6. The van der Waals surface area contributed by atoms with Crippen LogP contribution in [0, 0.1) is 0 Å². The lowest BCUT2D eigenvalue weighted by Gasteiger charge is -2.25. The van der Waals surface area contributed by atoms with Gasteiger partial charge < -0.3 is 13.9 Å². The number of para-hydroxylation sites is 1. The number of esters is 1. The molecule has 7 heteroatoms. The van der Waals surface area contributed by atoms with Crippen molar-refractivity contribution < 1.29 is 23.5 Å². The van der Waals surface area contributed by atoms with Crippen LogP contribution in [0.1, 0.15) is 39.4 Å². The van der Waals surface area contributed by atoms with E-state index in [1.807, 2.05) is 0 Å². The molecule has 0 saturated carbocycles. The molecule has 0 fully saturated rings. The molecule has 6 rings (SSSR count). The molecule has 7 nitrogen and oxygen atoms in total. The number of aromatic nitrogens is 1. The highest BCUT2D eigenvalue weighted by molar-refractivity contribution is 6.15. The van der Waals surface area contributed by atoms with Gasteiger partial charge in [-0.1, -0.05) is 18.2 Å². The monoisotopic (exact) mass is 437 g/mol. The first-order valence-corrected chi connectivity index (χ1v) is 10.3. The van der Waals surface area contributed by atoms with Crippen molar-refractivity contribution >= 4 is 28.8 Å². The van der Waals surface area contributed by atoms with Gasteiger partial charge in [-0.25, -0.2) is 0 Å². The number of hydrogen-bond donors (Lipinski definition) is 0. The van der Waals surface area contributed by atoms with Gasteiger partial charge in [0.1, 0.15) is 17.1 Å². The lowest BCUT2D eigenvalue weighted by atomic mass is 9.85. The first-order valence-electron chi connectivity index (χ1n) is 10.3. The molecule has 0 amide bonds. The van der Waals surface area contributed by atoms with Crippen LogP contribution in [0.4, 0.5) is 0 Å². The molecule has 0 N–H and O–H groups in total. The van der Waals surface area contributed by atoms with E-state index in [4.69, 9.17) is 13.9 Å². The van der Waals surface area contributed by atoms with Crippen LogP contribution < -0.4 is 14.9 Å². The number of pyridine rings is 1. The standard InChI is InChI=1S/C26H15NO6/c28-22-11-17(18-13-31-19-6-2-1-5-15(19)24(18)29)23-20(32-22)8-7-16-25(30)21(33-26(16)23)10-14-4-3-9-27-12-14/h1-10,12-13,17H,11H2/b21-10+. The number of ketones is 1. The zero-order valence-electron chi connectivity index (χ0n) is 17.1. The summed E-state index contributed by atoms with van der Waals surface area (Å²) in [5.74, 6) is -0.765. The van der Waals surface area contributed by atoms with Gasteiger partial charge in [-0.3, -0.25) is 19.4 Å². The maximum Gasteiger partial charge on any atom is 0.312 e. The summed E-state index contributed by atoms with van der Waals surface area (Å²) in [4.78, 5) is 42.7. The van der Waals surface area contributed by atoms with Gasteiger partial charge in [-0.05, 0) is 42.0 Å². The van der Waals surface area contributed by atoms with Crippen LogP contribution in [0.3, 0.4) is 0 Å². The molecule has 1 unspecified atom stereocenters. The Morgan fingerprint density at radius 2 is 1.85 bits per heavy atom. The Bertz CT molecular complexity index is 1550. The van der Waals surface area contributed by atoms with Crippen LogP contribution in [-0.4, -0.2) is 16.7 Å². The van der Waals surface area contributed by atoms with Gasteiger partial charge in [0.05, 0.1) is 23.6 Å². The third kappa shape index (κ3) is 3.05. The Labute approximate surface area is 186 Å². The van der Waals surface area contributed by atoms with Gasteiger partial charge in [-0.2, -0.15) is 0 Å². The second kappa shape index (κ2) is 7.27. The molecule has 0 spiro atoms. The van der Waals surface area contributed by atoms with E-state index in [2.05, 4.69) is 4.98 Å². The molecule has 33 heavy (non-hydrogen) atoms. The summed E-state index contributed by atoms with van der Waals surface area (Å²) in [5.41, 5.74) is 2.06. The average molecular weight is 437 g/mol. The smallest absolute Gasteiger partial charge is 0.312 e. The molecule has 0 aliphatic carbocycles. The fourth-order valence-corrected chi connectivity index (χ4v) is 4.32. The Hall–Kier alpha value is -4.52. The molecule has 0 bridgehead atoms. The zero-order valence-corrected chi connectivity index (χ0v) is 17.1. The van der Waals surface area contributed by atoms with Gasteiger partial charge in [0.2, 0.25) is 5.78 Å². The summed E-state index contributed by atoms with van der Waals surface area (Å²) in [5, 5.41) is 0.414. The normalized spacial score (nSPS) is 18.1. The first-order chi connectivity index (χ1) is 16.1. The SMILES string of the molecule is O=C1CC(c2coc3ccccc3c2=O)c2c(ccc3c2O/C(=C/c2cccnc2)C3=O)O1. The van der Waals surface area contributed by atoms with E-state index in [9.17, 15) is 14.4 Å². The van der Waals surface area contributed by atoms with E-state index in [1.165, 1.54) is 6.26 Å². The van der Waals surface area contributed by atoms with Crippen molar-refractivity contribution in [2.24, 2.45) is 0 Å². The molecule has 160 valence electrons. The van der Waals surface area contributed by atoms with E-state index < -0.39 is 11.9 Å². The van der Waals surface area contributed by atoms with Crippen LogP contribution >= 0.6 is 0 Å². The van der Waals surface area contributed by atoms with Crippen molar-refractivity contribution in [2.45, 2.75) is 12.3 Å². The summed E-state index contributed by atoms with van der Waals surface area (Å²) in [6.07, 6.45) is 6.16. The first kappa shape index (κ1) is 19.2. The molecule has 1 atom stereocenters. The van der Waals surface area contributed by atoms with E-state index >= 15 is 0 Å². The zero-order chi connectivity index (χ0) is 22.5. The molecule has 4 aromatic rings. The lowest BCUT2D eigenvalue weighted by Crippen LogP contribution is -2.25. The van der Waals surface area contributed by atoms with Crippen molar-refractivity contribution in [1.29, 1.82) is 0 Å². The van der Waals surface area contributed by atoms with Crippen LogP contribution in [0.5, 0.6) is 11.5 Å². The lowest BCUT2D eigenvalue weighted by molar-refractivity contribution is -0.135. The molecule has 2 aliphatic rings. The highest BCUT2D eigenvalue weighted by atomic mass is 16.5. The number of Topliss-reactive ketones (excluding diaryl/α,β-unsaturated/α-hetero) is 1. The number of ether oxygens (including phenoxy) is 2. The Balaban J connectivity index is 1.52. The van der Waals surface area contributed by atoms with Crippen molar-refractivity contribution in [1.82, 2.24) is 4.98 Å². The van der Waals surface area contributed by atoms with Gasteiger partial charge >= 0.3 is 5.97 Å².